The number of rotatable bonds is 4. The quantitative estimate of drug-likeness (QED) is 0.856. The second kappa shape index (κ2) is 4.88. The first-order chi connectivity index (χ1) is 9.86. The SMILES string of the molecule is CC(N(C)S(=O)(=O)c1cccc2c1OCCO2)C1(C)CC1. The van der Waals surface area contributed by atoms with Crippen LogP contribution in [0.4, 0.5) is 0 Å². The van der Waals surface area contributed by atoms with E-state index in [4.69, 9.17) is 9.47 Å². The summed E-state index contributed by atoms with van der Waals surface area (Å²) in [6.45, 7) is 4.92. The lowest BCUT2D eigenvalue weighted by Gasteiger charge is -2.30. The molecule has 0 radical (unpaired) electrons. The second-order valence-corrected chi connectivity index (χ2v) is 8.10. The Morgan fingerprint density at radius 2 is 1.90 bits per heavy atom. The van der Waals surface area contributed by atoms with Crippen molar-refractivity contribution >= 4 is 10.0 Å². The molecule has 1 aliphatic heterocycles. The first kappa shape index (κ1) is 14.7. The van der Waals surface area contributed by atoms with E-state index in [1.807, 2.05) is 6.92 Å². The van der Waals surface area contributed by atoms with E-state index in [0.717, 1.165) is 12.8 Å². The number of nitrogens with zero attached hydrogens (tertiary/aromatic N) is 1. The summed E-state index contributed by atoms with van der Waals surface area (Å²) < 4.78 is 38.3. The standard InChI is InChI=1S/C15H21NO4S/c1-11(15(2)7-8-15)16(3)21(17,18)13-6-4-5-12-14(13)20-10-9-19-12/h4-6,11H,7-10H2,1-3H3. The fourth-order valence-electron chi connectivity index (χ4n) is 2.67. The third kappa shape index (κ3) is 2.40. The maximum Gasteiger partial charge on any atom is 0.246 e. The van der Waals surface area contributed by atoms with E-state index in [1.54, 1.807) is 25.2 Å². The summed E-state index contributed by atoms with van der Waals surface area (Å²) in [5, 5.41) is 0. The van der Waals surface area contributed by atoms with E-state index in [1.165, 1.54) is 4.31 Å². The van der Waals surface area contributed by atoms with Crippen LogP contribution in [0.25, 0.3) is 0 Å². The van der Waals surface area contributed by atoms with Gasteiger partial charge in [-0.3, -0.25) is 0 Å². The monoisotopic (exact) mass is 311 g/mol. The van der Waals surface area contributed by atoms with Gasteiger partial charge in [-0.1, -0.05) is 13.0 Å². The Bertz CT molecular complexity index is 652. The Morgan fingerprint density at radius 1 is 1.24 bits per heavy atom. The molecule has 1 unspecified atom stereocenters. The molecule has 0 bridgehead atoms. The number of ether oxygens (including phenoxy) is 2. The average Bonchev–Trinajstić information content (AvgIpc) is 3.24. The van der Waals surface area contributed by atoms with Crippen LogP contribution in [0.5, 0.6) is 11.5 Å². The number of hydrogen-bond acceptors (Lipinski definition) is 4. The van der Waals surface area contributed by atoms with E-state index in [9.17, 15) is 8.42 Å². The van der Waals surface area contributed by atoms with Crippen molar-refractivity contribution < 1.29 is 17.9 Å². The zero-order valence-corrected chi connectivity index (χ0v) is 13.4. The lowest BCUT2D eigenvalue weighted by Crippen LogP contribution is -2.40. The van der Waals surface area contributed by atoms with Crippen molar-refractivity contribution in [3.8, 4) is 11.5 Å². The van der Waals surface area contributed by atoms with Crippen LogP contribution in [0, 0.1) is 5.41 Å². The lowest BCUT2D eigenvalue weighted by atomic mass is 10.0. The highest BCUT2D eigenvalue weighted by atomic mass is 32.2. The van der Waals surface area contributed by atoms with Gasteiger partial charge in [0.05, 0.1) is 0 Å². The summed E-state index contributed by atoms with van der Waals surface area (Å²) in [6.07, 6.45) is 2.14. The predicted octanol–water partition coefficient (Wildman–Crippen LogP) is 2.27. The zero-order valence-electron chi connectivity index (χ0n) is 12.6. The van der Waals surface area contributed by atoms with Gasteiger partial charge >= 0.3 is 0 Å². The molecular weight excluding hydrogens is 290 g/mol. The largest absolute Gasteiger partial charge is 0.486 e. The Hall–Kier alpha value is -1.27. The summed E-state index contributed by atoms with van der Waals surface area (Å²) in [4.78, 5) is 0.193. The zero-order chi connectivity index (χ0) is 15.3. The minimum Gasteiger partial charge on any atom is -0.486 e. The van der Waals surface area contributed by atoms with Gasteiger partial charge in [-0.05, 0) is 37.3 Å². The molecule has 6 heteroatoms. The van der Waals surface area contributed by atoms with Crippen molar-refractivity contribution in [2.24, 2.45) is 5.41 Å². The summed E-state index contributed by atoms with van der Waals surface area (Å²) >= 11 is 0. The van der Waals surface area contributed by atoms with Gasteiger partial charge in [0.2, 0.25) is 10.0 Å². The van der Waals surface area contributed by atoms with Crippen LogP contribution in [0.15, 0.2) is 23.1 Å². The molecule has 1 atom stereocenters. The van der Waals surface area contributed by atoms with Crippen molar-refractivity contribution in [3.63, 3.8) is 0 Å². The highest BCUT2D eigenvalue weighted by molar-refractivity contribution is 7.89. The number of benzene rings is 1. The molecule has 5 nitrogen and oxygen atoms in total. The molecule has 21 heavy (non-hydrogen) atoms. The predicted molar refractivity (Wildman–Crippen MR) is 79.2 cm³/mol. The molecule has 3 rings (SSSR count). The molecule has 2 aliphatic rings. The molecule has 1 aromatic rings. The van der Waals surface area contributed by atoms with Gasteiger partial charge in [0, 0.05) is 13.1 Å². The minimum absolute atomic E-state index is 0.0390. The van der Waals surface area contributed by atoms with Crippen LogP contribution in [-0.4, -0.2) is 39.0 Å². The lowest BCUT2D eigenvalue weighted by molar-refractivity contribution is 0.166. The molecule has 1 aromatic carbocycles. The van der Waals surface area contributed by atoms with Gasteiger partial charge in [-0.2, -0.15) is 4.31 Å². The first-order valence-corrected chi connectivity index (χ1v) is 8.67. The molecule has 0 aromatic heterocycles. The molecule has 116 valence electrons. The molecule has 1 heterocycles. The summed E-state index contributed by atoms with van der Waals surface area (Å²) in [6, 6.07) is 4.97. The van der Waals surface area contributed by atoms with Crippen LogP contribution >= 0.6 is 0 Å². The number of hydrogen-bond donors (Lipinski definition) is 0. The normalized spacial score (nSPS) is 21.1. The van der Waals surface area contributed by atoms with Gasteiger partial charge in [0.1, 0.15) is 18.1 Å². The molecule has 1 fully saturated rings. The van der Waals surface area contributed by atoms with E-state index in [0.29, 0.717) is 24.7 Å². The number of fused-ring (bicyclic) bond motifs is 1. The fourth-order valence-corrected chi connectivity index (χ4v) is 4.29. The van der Waals surface area contributed by atoms with Gasteiger partial charge in [0.15, 0.2) is 11.5 Å². The second-order valence-electron chi connectivity index (χ2n) is 6.13. The van der Waals surface area contributed by atoms with Gasteiger partial charge in [-0.15, -0.1) is 0 Å². The Morgan fingerprint density at radius 3 is 2.57 bits per heavy atom. The number of para-hydroxylation sites is 1. The minimum atomic E-state index is -3.59. The van der Waals surface area contributed by atoms with Crippen LogP contribution in [-0.2, 0) is 10.0 Å². The smallest absolute Gasteiger partial charge is 0.246 e. The van der Waals surface area contributed by atoms with Crippen molar-refractivity contribution in [2.75, 3.05) is 20.3 Å². The van der Waals surface area contributed by atoms with Gasteiger partial charge < -0.3 is 9.47 Å². The summed E-state index contributed by atoms with van der Waals surface area (Å²) in [7, 11) is -1.95. The highest BCUT2D eigenvalue weighted by Crippen LogP contribution is 2.50. The van der Waals surface area contributed by atoms with Crippen LogP contribution in [0.3, 0.4) is 0 Å². The van der Waals surface area contributed by atoms with Crippen molar-refractivity contribution in [1.29, 1.82) is 0 Å². The Kier molecular flexibility index (Phi) is 3.41. The molecule has 0 amide bonds. The van der Waals surface area contributed by atoms with Gasteiger partial charge in [-0.25, -0.2) is 8.42 Å². The Labute approximate surface area is 125 Å². The molecule has 0 spiro atoms. The van der Waals surface area contributed by atoms with E-state index >= 15 is 0 Å². The third-order valence-electron chi connectivity index (χ3n) is 4.78. The molecule has 1 aliphatic carbocycles. The van der Waals surface area contributed by atoms with E-state index < -0.39 is 10.0 Å². The molecule has 0 N–H and O–H groups in total. The topological polar surface area (TPSA) is 55.8 Å². The van der Waals surface area contributed by atoms with Crippen LogP contribution in [0.1, 0.15) is 26.7 Å². The third-order valence-corrected chi connectivity index (χ3v) is 6.73. The van der Waals surface area contributed by atoms with Gasteiger partial charge in [0.25, 0.3) is 0 Å². The molecule has 0 saturated heterocycles. The van der Waals surface area contributed by atoms with Crippen molar-refractivity contribution in [2.45, 2.75) is 37.6 Å². The fraction of sp³-hybridized carbons (Fsp3) is 0.600. The molecular formula is C15H21NO4S. The Balaban J connectivity index is 1.99. The van der Waals surface area contributed by atoms with Crippen molar-refractivity contribution in [1.82, 2.24) is 4.31 Å². The first-order valence-electron chi connectivity index (χ1n) is 7.23. The van der Waals surface area contributed by atoms with E-state index in [-0.39, 0.29) is 16.4 Å². The van der Waals surface area contributed by atoms with Crippen LogP contribution < -0.4 is 9.47 Å². The maximum atomic E-state index is 12.9. The van der Waals surface area contributed by atoms with E-state index in [2.05, 4.69) is 6.92 Å². The van der Waals surface area contributed by atoms with Crippen molar-refractivity contribution in [3.05, 3.63) is 18.2 Å². The average molecular weight is 311 g/mol. The summed E-state index contributed by atoms with van der Waals surface area (Å²) in [5.41, 5.74) is 0.0913. The summed E-state index contributed by atoms with van der Waals surface area (Å²) in [5.74, 6) is 0.838. The number of sulfonamides is 1. The molecule has 1 saturated carbocycles. The maximum absolute atomic E-state index is 12.9. The van der Waals surface area contributed by atoms with Crippen LogP contribution in [0.2, 0.25) is 0 Å². The highest BCUT2D eigenvalue weighted by Gasteiger charge is 2.47.